The molecule has 7 heteroatoms. The van der Waals surface area contributed by atoms with Gasteiger partial charge in [-0.05, 0) is 87.4 Å². The summed E-state index contributed by atoms with van der Waals surface area (Å²) < 4.78 is 1.88. The summed E-state index contributed by atoms with van der Waals surface area (Å²) >= 11 is 0. The summed E-state index contributed by atoms with van der Waals surface area (Å²) in [7, 11) is 0. The summed E-state index contributed by atoms with van der Waals surface area (Å²) in [6.07, 6.45) is 2.45. The number of aryl methyl sites for hydroxylation is 2. The van der Waals surface area contributed by atoms with Crippen LogP contribution >= 0.6 is 0 Å². The zero-order valence-corrected chi connectivity index (χ0v) is 19.8. The SMILES string of the molecule is CCn1nc(-c2ccc(C3CCC(C)NC3)c(C)c2)nc1Nc1ccc2c(c1)C(C)NC2=O. The molecule has 0 bridgehead atoms. The van der Waals surface area contributed by atoms with Crippen molar-refractivity contribution in [3.63, 3.8) is 0 Å². The molecule has 7 nitrogen and oxygen atoms in total. The second-order valence-corrected chi connectivity index (χ2v) is 9.35. The first-order valence-corrected chi connectivity index (χ1v) is 11.9. The van der Waals surface area contributed by atoms with Crippen LogP contribution in [0.1, 0.15) is 72.6 Å². The number of rotatable bonds is 5. The van der Waals surface area contributed by atoms with Crippen LogP contribution in [0.15, 0.2) is 36.4 Å². The third-order valence-corrected chi connectivity index (χ3v) is 6.97. The molecule has 33 heavy (non-hydrogen) atoms. The molecule has 1 aromatic heterocycles. The van der Waals surface area contributed by atoms with E-state index >= 15 is 0 Å². The molecule has 1 saturated heterocycles. The second-order valence-electron chi connectivity index (χ2n) is 9.35. The van der Waals surface area contributed by atoms with E-state index in [2.05, 4.69) is 54.9 Å². The van der Waals surface area contributed by atoms with Crippen molar-refractivity contribution in [2.75, 3.05) is 11.9 Å². The Balaban J connectivity index is 1.39. The fraction of sp³-hybridized carbons (Fsp3) is 0.423. The number of nitrogens with one attached hydrogen (secondary N) is 3. The zero-order valence-electron chi connectivity index (χ0n) is 19.8. The van der Waals surface area contributed by atoms with Gasteiger partial charge < -0.3 is 16.0 Å². The van der Waals surface area contributed by atoms with Crippen molar-refractivity contribution in [2.45, 2.75) is 65.1 Å². The lowest BCUT2D eigenvalue weighted by Crippen LogP contribution is -2.35. The maximum absolute atomic E-state index is 12.0. The van der Waals surface area contributed by atoms with Crippen LogP contribution in [0, 0.1) is 6.92 Å². The molecule has 3 aromatic rings. The van der Waals surface area contributed by atoms with Crippen molar-refractivity contribution >= 4 is 17.5 Å². The van der Waals surface area contributed by atoms with Crippen LogP contribution in [0.5, 0.6) is 0 Å². The van der Waals surface area contributed by atoms with Crippen molar-refractivity contribution in [1.82, 2.24) is 25.4 Å². The predicted molar refractivity (Wildman–Crippen MR) is 131 cm³/mol. The van der Waals surface area contributed by atoms with Crippen molar-refractivity contribution in [3.05, 3.63) is 58.7 Å². The average molecular weight is 445 g/mol. The van der Waals surface area contributed by atoms with Crippen LogP contribution in [0.25, 0.3) is 11.4 Å². The van der Waals surface area contributed by atoms with Crippen molar-refractivity contribution in [3.8, 4) is 11.4 Å². The molecule has 2 aliphatic heterocycles. The molecule has 2 aromatic carbocycles. The number of aromatic nitrogens is 3. The fourth-order valence-electron chi connectivity index (χ4n) is 5.00. The van der Waals surface area contributed by atoms with E-state index in [0.29, 0.717) is 24.5 Å². The van der Waals surface area contributed by atoms with Gasteiger partial charge in [0.25, 0.3) is 5.91 Å². The molecule has 0 aliphatic carbocycles. The number of carbonyl (C=O) groups is 1. The van der Waals surface area contributed by atoms with Gasteiger partial charge in [0, 0.05) is 35.9 Å². The molecule has 3 N–H and O–H groups in total. The van der Waals surface area contributed by atoms with Gasteiger partial charge in [0.2, 0.25) is 5.95 Å². The molecule has 172 valence electrons. The van der Waals surface area contributed by atoms with E-state index in [1.54, 1.807) is 0 Å². The predicted octanol–water partition coefficient (Wildman–Crippen LogP) is 4.68. The van der Waals surface area contributed by atoms with E-state index in [-0.39, 0.29) is 11.9 Å². The Kier molecular flexibility index (Phi) is 5.66. The number of nitrogens with zero attached hydrogens (tertiary/aromatic N) is 3. The number of anilines is 2. The number of carbonyl (C=O) groups excluding carboxylic acids is 1. The quantitative estimate of drug-likeness (QED) is 0.532. The second kappa shape index (κ2) is 8.63. The molecule has 3 heterocycles. The molecule has 0 saturated carbocycles. The summed E-state index contributed by atoms with van der Waals surface area (Å²) in [6.45, 7) is 10.2. The lowest BCUT2D eigenvalue weighted by molar-refractivity contribution is 0.0958. The highest BCUT2D eigenvalue weighted by molar-refractivity contribution is 5.99. The monoisotopic (exact) mass is 444 g/mol. The molecule has 1 amide bonds. The van der Waals surface area contributed by atoms with Crippen LogP contribution in [0.3, 0.4) is 0 Å². The molecule has 3 unspecified atom stereocenters. The fourth-order valence-corrected chi connectivity index (χ4v) is 5.00. The molecular formula is C26H32N6O. The third kappa shape index (κ3) is 4.13. The maximum atomic E-state index is 12.0. The van der Waals surface area contributed by atoms with E-state index in [4.69, 9.17) is 10.1 Å². The number of fused-ring (bicyclic) bond motifs is 1. The van der Waals surface area contributed by atoms with Crippen LogP contribution < -0.4 is 16.0 Å². The lowest BCUT2D eigenvalue weighted by atomic mass is 9.86. The zero-order chi connectivity index (χ0) is 23.1. The summed E-state index contributed by atoms with van der Waals surface area (Å²) in [5.74, 6) is 1.97. The van der Waals surface area contributed by atoms with Gasteiger partial charge in [0.05, 0.1) is 6.04 Å². The summed E-state index contributed by atoms with van der Waals surface area (Å²) in [5, 5.41) is 14.7. The minimum Gasteiger partial charge on any atom is -0.345 e. The Morgan fingerprint density at radius 3 is 2.70 bits per heavy atom. The molecule has 5 rings (SSSR count). The van der Waals surface area contributed by atoms with Crippen LogP contribution in [0.4, 0.5) is 11.6 Å². The first kappa shape index (κ1) is 21.6. The van der Waals surface area contributed by atoms with E-state index in [1.807, 2.05) is 29.8 Å². The van der Waals surface area contributed by atoms with Crippen molar-refractivity contribution in [1.29, 1.82) is 0 Å². The summed E-state index contributed by atoms with van der Waals surface area (Å²) in [5.41, 5.74) is 6.38. The standard InChI is InChI=1S/C26H32N6O/c1-5-32-26(29-20-9-11-22-23(13-20)17(4)28-25(22)33)30-24(31-32)18-8-10-21(15(2)12-18)19-7-6-16(3)27-14-19/h8-13,16-17,19,27H,5-7,14H2,1-4H3,(H,28,33)(H,29,30,31). The van der Waals surface area contributed by atoms with Gasteiger partial charge in [0.1, 0.15) is 0 Å². The minimum atomic E-state index is -0.0135. The minimum absolute atomic E-state index is 0.0120. The van der Waals surface area contributed by atoms with Gasteiger partial charge in [0.15, 0.2) is 5.82 Å². The smallest absolute Gasteiger partial charge is 0.252 e. The first-order valence-electron chi connectivity index (χ1n) is 11.9. The Bertz CT molecular complexity index is 1190. The van der Waals surface area contributed by atoms with Crippen LogP contribution in [-0.2, 0) is 6.54 Å². The summed E-state index contributed by atoms with van der Waals surface area (Å²) in [4.78, 5) is 16.8. The van der Waals surface area contributed by atoms with Crippen molar-refractivity contribution in [2.24, 2.45) is 0 Å². The molecule has 2 aliphatic rings. The molecular weight excluding hydrogens is 412 g/mol. The Hall–Kier alpha value is -3.19. The normalized spacial score (nSPS) is 22.2. The van der Waals surface area contributed by atoms with E-state index in [9.17, 15) is 4.79 Å². The number of hydrogen-bond donors (Lipinski definition) is 3. The molecule has 3 atom stereocenters. The van der Waals surface area contributed by atoms with Crippen LogP contribution in [-0.4, -0.2) is 33.3 Å². The van der Waals surface area contributed by atoms with Crippen molar-refractivity contribution < 1.29 is 4.79 Å². The van der Waals surface area contributed by atoms with E-state index in [0.717, 1.165) is 34.7 Å². The number of amides is 1. The number of benzene rings is 2. The Labute approximate surface area is 195 Å². The molecule has 1 fully saturated rings. The number of hydrogen-bond acceptors (Lipinski definition) is 5. The highest BCUT2D eigenvalue weighted by Gasteiger charge is 2.25. The molecule has 0 radical (unpaired) electrons. The average Bonchev–Trinajstić information content (AvgIpc) is 3.34. The topological polar surface area (TPSA) is 83.9 Å². The maximum Gasteiger partial charge on any atom is 0.252 e. The largest absolute Gasteiger partial charge is 0.345 e. The summed E-state index contributed by atoms with van der Waals surface area (Å²) in [6, 6.07) is 13.0. The number of piperidine rings is 1. The lowest BCUT2D eigenvalue weighted by Gasteiger charge is -2.29. The first-order chi connectivity index (χ1) is 15.9. The Morgan fingerprint density at radius 2 is 1.97 bits per heavy atom. The van der Waals surface area contributed by atoms with Gasteiger partial charge in [-0.3, -0.25) is 4.79 Å². The van der Waals surface area contributed by atoms with E-state index in [1.165, 1.54) is 24.0 Å². The third-order valence-electron chi connectivity index (χ3n) is 6.97. The Morgan fingerprint density at radius 1 is 1.12 bits per heavy atom. The highest BCUT2D eigenvalue weighted by atomic mass is 16.2. The van der Waals surface area contributed by atoms with Gasteiger partial charge in [-0.1, -0.05) is 12.1 Å². The highest BCUT2D eigenvalue weighted by Crippen LogP contribution is 2.32. The van der Waals surface area contributed by atoms with Gasteiger partial charge in [-0.25, -0.2) is 4.68 Å². The van der Waals surface area contributed by atoms with Gasteiger partial charge >= 0.3 is 0 Å². The van der Waals surface area contributed by atoms with Gasteiger partial charge in [-0.15, -0.1) is 5.10 Å². The molecule has 0 spiro atoms. The van der Waals surface area contributed by atoms with Gasteiger partial charge in [-0.2, -0.15) is 4.98 Å². The van der Waals surface area contributed by atoms with Crippen LogP contribution in [0.2, 0.25) is 0 Å². The van der Waals surface area contributed by atoms with E-state index < -0.39 is 0 Å².